The molecular formula is C27H25FN2O3S. The summed E-state index contributed by atoms with van der Waals surface area (Å²) in [4.78, 5) is 25.1. The van der Waals surface area contributed by atoms with E-state index >= 15 is 0 Å². The van der Waals surface area contributed by atoms with E-state index in [1.165, 1.54) is 29.4 Å². The third-order valence-corrected chi connectivity index (χ3v) is 6.25. The molecule has 0 aliphatic heterocycles. The number of ether oxygens (including phenoxy) is 1. The molecule has 0 aliphatic carbocycles. The summed E-state index contributed by atoms with van der Waals surface area (Å²) in [5.74, 6) is -0.730. The second-order valence-corrected chi connectivity index (χ2v) is 8.61. The monoisotopic (exact) mass is 476 g/mol. The Bertz CT molecular complexity index is 1330. The zero-order valence-electron chi connectivity index (χ0n) is 18.8. The maximum atomic E-state index is 14.3. The number of hydrogen-bond acceptors (Lipinski definition) is 4. The predicted molar refractivity (Wildman–Crippen MR) is 134 cm³/mol. The van der Waals surface area contributed by atoms with Crippen LogP contribution in [0.2, 0.25) is 0 Å². The number of methoxy groups -OCH3 is 1. The van der Waals surface area contributed by atoms with Gasteiger partial charge in [-0.05, 0) is 49.1 Å². The summed E-state index contributed by atoms with van der Waals surface area (Å²) in [7, 11) is 1.36. The second kappa shape index (κ2) is 10.9. The molecule has 0 atom stereocenters. The molecule has 0 saturated carbocycles. The van der Waals surface area contributed by atoms with Crippen LogP contribution < -0.4 is 14.9 Å². The minimum atomic E-state index is -0.551. The predicted octanol–water partition coefficient (Wildman–Crippen LogP) is 5.47. The summed E-state index contributed by atoms with van der Waals surface area (Å²) in [6, 6.07) is 21.8. The molecule has 1 N–H and O–H groups in total. The Labute approximate surface area is 201 Å². The van der Waals surface area contributed by atoms with Crippen LogP contribution in [0.25, 0.3) is 16.9 Å². The maximum absolute atomic E-state index is 14.3. The number of thiazole rings is 1. The van der Waals surface area contributed by atoms with Gasteiger partial charge in [0.2, 0.25) is 0 Å². The van der Waals surface area contributed by atoms with Crippen molar-refractivity contribution in [1.29, 1.82) is 0 Å². The lowest BCUT2D eigenvalue weighted by Crippen LogP contribution is -2.24. The van der Waals surface area contributed by atoms with E-state index in [0.29, 0.717) is 29.1 Å². The fraction of sp³-hybridized carbons (Fsp3) is 0.185. The maximum Gasteiger partial charge on any atom is 0.312 e. The summed E-state index contributed by atoms with van der Waals surface area (Å²) < 4.78 is 20.9. The van der Waals surface area contributed by atoms with Crippen molar-refractivity contribution >= 4 is 17.2 Å². The molecule has 0 bridgehead atoms. The second-order valence-electron chi connectivity index (χ2n) is 7.79. The number of nitrogens with zero attached hydrogens (tertiary/aromatic N) is 1. The highest BCUT2D eigenvalue weighted by atomic mass is 32.1. The minimum absolute atomic E-state index is 0.00588. The highest BCUT2D eigenvalue weighted by Gasteiger charge is 2.18. The van der Waals surface area contributed by atoms with E-state index in [9.17, 15) is 14.0 Å². The van der Waals surface area contributed by atoms with Crippen LogP contribution in [0, 0.1) is 5.82 Å². The van der Waals surface area contributed by atoms with Crippen LogP contribution >= 0.6 is 11.3 Å². The first kappa shape index (κ1) is 23.4. The number of nitrogens with one attached hydrogen (secondary N) is 1. The molecule has 0 aliphatic rings. The number of amides is 1. The summed E-state index contributed by atoms with van der Waals surface area (Å²) in [5.41, 5.74) is 3.35. The molecule has 0 unspecified atom stereocenters. The van der Waals surface area contributed by atoms with Gasteiger partial charge in [-0.3, -0.25) is 14.2 Å². The van der Waals surface area contributed by atoms with Crippen LogP contribution in [0.3, 0.4) is 0 Å². The fourth-order valence-electron chi connectivity index (χ4n) is 3.83. The summed E-state index contributed by atoms with van der Waals surface area (Å²) in [6.45, 7) is 0.583. The topological polar surface area (TPSA) is 60.3 Å². The van der Waals surface area contributed by atoms with Crippen LogP contribution in [0.5, 0.6) is 5.75 Å². The quantitative estimate of drug-likeness (QED) is 0.326. The molecule has 1 heterocycles. The number of carbonyl (C=O) groups excluding carboxylic acids is 1. The smallest absolute Gasteiger partial charge is 0.312 e. The highest BCUT2D eigenvalue weighted by molar-refractivity contribution is 7.07. The van der Waals surface area contributed by atoms with E-state index in [2.05, 4.69) is 17.4 Å². The number of hydrogen-bond donors (Lipinski definition) is 1. The molecular weight excluding hydrogens is 451 g/mol. The van der Waals surface area contributed by atoms with Crippen LogP contribution in [-0.2, 0) is 6.42 Å². The fourth-order valence-corrected chi connectivity index (χ4v) is 4.59. The molecule has 1 amide bonds. The summed E-state index contributed by atoms with van der Waals surface area (Å²) >= 11 is 1.01. The Morgan fingerprint density at radius 3 is 2.62 bits per heavy atom. The van der Waals surface area contributed by atoms with Crippen LogP contribution in [0.4, 0.5) is 4.39 Å². The van der Waals surface area contributed by atoms with Crippen LogP contribution in [-0.4, -0.2) is 24.1 Å². The van der Waals surface area contributed by atoms with E-state index in [1.54, 1.807) is 29.6 Å². The number of halogens is 1. The van der Waals surface area contributed by atoms with Gasteiger partial charge in [-0.2, -0.15) is 0 Å². The first-order chi connectivity index (χ1) is 16.6. The molecule has 4 aromatic rings. The number of rotatable bonds is 9. The molecule has 0 fully saturated rings. The standard InChI is InChI=1S/C27H25FN2O3S/c1-33-25-22(28)14-8-15-23(25)30-24(18-34-27(30)32)20-12-7-13-21(17-20)26(31)29-16-6-5-11-19-9-3-2-4-10-19/h2-4,7-10,12-15,17-18H,5-6,11,16H2,1H3,(H,29,31). The van der Waals surface area contributed by atoms with Crippen molar-refractivity contribution in [1.82, 2.24) is 9.88 Å². The number of aryl methyl sites for hydroxylation is 1. The Balaban J connectivity index is 1.48. The first-order valence-electron chi connectivity index (χ1n) is 11.0. The van der Waals surface area contributed by atoms with E-state index in [1.807, 2.05) is 24.3 Å². The molecule has 3 aromatic carbocycles. The van der Waals surface area contributed by atoms with Gasteiger partial charge < -0.3 is 10.1 Å². The van der Waals surface area contributed by atoms with Crippen molar-refractivity contribution in [3.05, 3.63) is 105 Å². The average molecular weight is 477 g/mol. The van der Waals surface area contributed by atoms with E-state index < -0.39 is 5.82 Å². The zero-order chi connectivity index (χ0) is 23.9. The van der Waals surface area contributed by atoms with Gasteiger partial charge in [-0.25, -0.2) is 4.39 Å². The van der Waals surface area contributed by atoms with Gasteiger partial charge in [-0.15, -0.1) is 0 Å². The lowest BCUT2D eigenvalue weighted by molar-refractivity contribution is 0.0953. The Morgan fingerprint density at radius 2 is 1.82 bits per heavy atom. The lowest BCUT2D eigenvalue weighted by Gasteiger charge is -2.13. The van der Waals surface area contributed by atoms with Gasteiger partial charge in [0, 0.05) is 23.1 Å². The van der Waals surface area contributed by atoms with Gasteiger partial charge in [-0.1, -0.05) is 59.9 Å². The zero-order valence-corrected chi connectivity index (χ0v) is 19.6. The number of benzene rings is 3. The molecule has 174 valence electrons. The lowest BCUT2D eigenvalue weighted by atomic mass is 10.1. The number of para-hydroxylation sites is 1. The molecule has 0 saturated heterocycles. The van der Waals surface area contributed by atoms with Gasteiger partial charge >= 0.3 is 4.87 Å². The van der Waals surface area contributed by atoms with Crippen LogP contribution in [0.15, 0.2) is 83.0 Å². The number of carbonyl (C=O) groups is 1. The van der Waals surface area contributed by atoms with E-state index in [-0.39, 0.29) is 16.5 Å². The van der Waals surface area contributed by atoms with E-state index in [0.717, 1.165) is 30.6 Å². The molecule has 4 rings (SSSR count). The highest BCUT2D eigenvalue weighted by Crippen LogP contribution is 2.30. The number of unbranched alkanes of at least 4 members (excludes halogenated alkanes) is 1. The van der Waals surface area contributed by atoms with Crippen molar-refractivity contribution in [3.8, 4) is 22.7 Å². The molecule has 7 heteroatoms. The SMILES string of the molecule is COc1c(F)cccc1-n1c(-c2cccc(C(=O)NCCCCc3ccccc3)c2)csc1=O. The first-order valence-corrected chi connectivity index (χ1v) is 11.9. The van der Waals surface area contributed by atoms with Crippen molar-refractivity contribution in [2.24, 2.45) is 0 Å². The van der Waals surface area contributed by atoms with Gasteiger partial charge in [0.15, 0.2) is 11.6 Å². The summed E-state index contributed by atoms with van der Waals surface area (Å²) in [5, 5.41) is 4.67. The van der Waals surface area contributed by atoms with Gasteiger partial charge in [0.05, 0.1) is 18.5 Å². The van der Waals surface area contributed by atoms with Crippen molar-refractivity contribution in [2.75, 3.05) is 13.7 Å². The van der Waals surface area contributed by atoms with Crippen molar-refractivity contribution < 1.29 is 13.9 Å². The third kappa shape index (κ3) is 5.26. The molecule has 0 spiro atoms. The van der Waals surface area contributed by atoms with E-state index in [4.69, 9.17) is 4.74 Å². The third-order valence-electron chi connectivity index (χ3n) is 5.53. The normalized spacial score (nSPS) is 10.8. The Morgan fingerprint density at radius 1 is 1.03 bits per heavy atom. The minimum Gasteiger partial charge on any atom is -0.492 e. The number of aromatic nitrogens is 1. The average Bonchev–Trinajstić information content (AvgIpc) is 3.25. The van der Waals surface area contributed by atoms with Gasteiger partial charge in [0.1, 0.15) is 0 Å². The molecule has 1 aromatic heterocycles. The molecule has 5 nitrogen and oxygen atoms in total. The largest absolute Gasteiger partial charge is 0.492 e. The Hall–Kier alpha value is -3.71. The summed E-state index contributed by atoms with van der Waals surface area (Å²) in [6.07, 6.45) is 2.84. The Kier molecular flexibility index (Phi) is 7.54. The van der Waals surface area contributed by atoms with Crippen molar-refractivity contribution in [2.45, 2.75) is 19.3 Å². The molecule has 0 radical (unpaired) electrons. The van der Waals surface area contributed by atoms with Crippen molar-refractivity contribution in [3.63, 3.8) is 0 Å². The van der Waals surface area contributed by atoms with Gasteiger partial charge in [0.25, 0.3) is 5.91 Å². The molecule has 34 heavy (non-hydrogen) atoms. The van der Waals surface area contributed by atoms with Crippen LogP contribution in [0.1, 0.15) is 28.8 Å².